The summed E-state index contributed by atoms with van der Waals surface area (Å²) >= 11 is 5.48. The lowest BCUT2D eigenvalue weighted by atomic mass is 10.0. The van der Waals surface area contributed by atoms with Gasteiger partial charge < -0.3 is 25.2 Å². The minimum Gasteiger partial charge on any atom is -0.395 e. The summed E-state index contributed by atoms with van der Waals surface area (Å²) in [6.07, 6.45) is 0.967. The van der Waals surface area contributed by atoms with Gasteiger partial charge in [-0.2, -0.15) is 0 Å². The summed E-state index contributed by atoms with van der Waals surface area (Å²) in [7, 11) is 4.07. The summed E-state index contributed by atoms with van der Waals surface area (Å²) in [5.74, 6) is 0. The normalized spacial score (nSPS) is 11.2. The fourth-order valence-electron chi connectivity index (χ4n) is 3.02. The van der Waals surface area contributed by atoms with Crippen molar-refractivity contribution in [1.29, 1.82) is 0 Å². The van der Waals surface area contributed by atoms with Gasteiger partial charge in [0.05, 0.1) is 18.7 Å². The molecule has 1 aromatic heterocycles. The van der Waals surface area contributed by atoms with Gasteiger partial charge in [0.15, 0.2) is 5.11 Å². The lowest BCUT2D eigenvalue weighted by Gasteiger charge is -2.25. The van der Waals surface area contributed by atoms with E-state index in [1.54, 1.807) is 0 Å². The van der Waals surface area contributed by atoms with Crippen molar-refractivity contribution >= 4 is 28.2 Å². The van der Waals surface area contributed by atoms with E-state index in [1.165, 1.54) is 0 Å². The Balaban J connectivity index is 2.18. The summed E-state index contributed by atoms with van der Waals surface area (Å²) in [5, 5.41) is 14.2. The number of aryl methyl sites for hydroxylation is 2. The van der Waals surface area contributed by atoms with Crippen LogP contribution in [0, 0.1) is 13.8 Å². The molecule has 7 heteroatoms. The van der Waals surface area contributed by atoms with Crippen molar-refractivity contribution in [2.24, 2.45) is 0 Å². The summed E-state index contributed by atoms with van der Waals surface area (Å²) in [6, 6.07) is 6.01. The third-order valence-corrected chi connectivity index (χ3v) is 5.00. The van der Waals surface area contributed by atoms with Gasteiger partial charge in [-0.15, -0.1) is 0 Å². The first-order valence-corrected chi connectivity index (χ1v) is 9.64. The van der Waals surface area contributed by atoms with E-state index in [1.807, 2.05) is 45.0 Å². The van der Waals surface area contributed by atoms with Crippen molar-refractivity contribution < 1.29 is 5.11 Å². The van der Waals surface area contributed by atoms with E-state index in [0.717, 1.165) is 41.5 Å². The number of aliphatic hydroxyl groups is 1. The number of nitrogens with zero attached hydrogens (tertiary/aromatic N) is 2. The van der Waals surface area contributed by atoms with Gasteiger partial charge in [-0.1, -0.05) is 12.1 Å². The van der Waals surface area contributed by atoms with Crippen LogP contribution >= 0.6 is 12.2 Å². The van der Waals surface area contributed by atoms with E-state index >= 15 is 0 Å². The van der Waals surface area contributed by atoms with Crippen LogP contribution in [-0.4, -0.2) is 65.3 Å². The van der Waals surface area contributed by atoms with Gasteiger partial charge in [0.1, 0.15) is 0 Å². The zero-order chi connectivity index (χ0) is 20.0. The second-order valence-electron chi connectivity index (χ2n) is 7.15. The zero-order valence-electron chi connectivity index (χ0n) is 16.6. The molecule has 0 fully saturated rings. The molecule has 3 N–H and O–H groups in total. The number of thiocarbonyl (C=S) groups is 1. The Morgan fingerprint density at radius 2 is 1.93 bits per heavy atom. The maximum Gasteiger partial charge on any atom is 0.253 e. The van der Waals surface area contributed by atoms with Gasteiger partial charge in [0, 0.05) is 24.0 Å². The molecule has 0 bridgehead atoms. The summed E-state index contributed by atoms with van der Waals surface area (Å²) in [5.41, 5.74) is 3.56. The second-order valence-corrected chi connectivity index (χ2v) is 7.53. The molecular formula is C20H30N4O2S. The summed E-state index contributed by atoms with van der Waals surface area (Å²) in [6.45, 7) is 6.46. The number of aromatic amines is 1. The smallest absolute Gasteiger partial charge is 0.253 e. The van der Waals surface area contributed by atoms with Gasteiger partial charge in [0.2, 0.25) is 0 Å². The van der Waals surface area contributed by atoms with Crippen molar-refractivity contribution in [2.45, 2.75) is 26.8 Å². The lowest BCUT2D eigenvalue weighted by molar-refractivity contribution is 0.245. The first-order chi connectivity index (χ1) is 12.8. The van der Waals surface area contributed by atoms with Gasteiger partial charge in [-0.05, 0) is 70.3 Å². The Morgan fingerprint density at radius 1 is 1.22 bits per heavy atom. The Kier molecular flexibility index (Phi) is 7.77. The Hall–Kier alpha value is -1.96. The second kappa shape index (κ2) is 9.82. The minimum absolute atomic E-state index is 0.0247. The van der Waals surface area contributed by atoms with Crippen molar-refractivity contribution in [3.8, 4) is 0 Å². The Morgan fingerprint density at radius 3 is 2.59 bits per heavy atom. The minimum atomic E-state index is -0.116. The van der Waals surface area contributed by atoms with Crippen molar-refractivity contribution in [3.05, 3.63) is 45.2 Å². The van der Waals surface area contributed by atoms with Gasteiger partial charge in [-0.3, -0.25) is 4.79 Å². The van der Waals surface area contributed by atoms with Crippen LogP contribution in [-0.2, 0) is 6.54 Å². The topological polar surface area (TPSA) is 71.6 Å². The molecule has 0 saturated carbocycles. The Bertz CT molecular complexity index is 848. The molecule has 6 nitrogen and oxygen atoms in total. The number of H-pyrrole nitrogens is 1. The highest BCUT2D eigenvalue weighted by Gasteiger charge is 2.14. The first-order valence-electron chi connectivity index (χ1n) is 9.24. The predicted molar refractivity (Wildman–Crippen MR) is 115 cm³/mol. The standard InChI is InChI=1S/C20H30N4O2S/c1-14-6-7-15(2)18-17(14)12-16(19(26)22-18)13-24(10-11-25)20(27)21-8-5-9-23(3)4/h6-7,12,25H,5,8-11,13H2,1-4H3,(H,21,27)(H,22,26). The van der Waals surface area contributed by atoms with E-state index in [9.17, 15) is 9.90 Å². The number of fused-ring (bicyclic) bond motifs is 1. The molecule has 27 heavy (non-hydrogen) atoms. The molecule has 0 aliphatic heterocycles. The average Bonchev–Trinajstić information content (AvgIpc) is 2.62. The molecule has 1 aromatic carbocycles. The number of pyridine rings is 1. The molecule has 0 atom stereocenters. The van der Waals surface area contributed by atoms with Crippen molar-refractivity contribution in [2.75, 3.05) is 40.3 Å². The van der Waals surface area contributed by atoms with E-state index < -0.39 is 0 Å². The summed E-state index contributed by atoms with van der Waals surface area (Å²) in [4.78, 5) is 19.5. The number of aromatic nitrogens is 1. The third kappa shape index (κ3) is 5.76. The first kappa shape index (κ1) is 21.3. The van der Waals surface area contributed by atoms with Crippen LogP contribution in [0.25, 0.3) is 10.9 Å². The number of aliphatic hydroxyl groups excluding tert-OH is 1. The molecule has 0 radical (unpaired) electrons. The van der Waals surface area contributed by atoms with Crippen LogP contribution in [0.5, 0.6) is 0 Å². The van der Waals surface area contributed by atoms with Crippen LogP contribution in [0.3, 0.4) is 0 Å². The largest absolute Gasteiger partial charge is 0.395 e. The van der Waals surface area contributed by atoms with Crippen LogP contribution in [0.1, 0.15) is 23.1 Å². The highest BCUT2D eigenvalue weighted by atomic mass is 32.1. The third-order valence-electron chi connectivity index (χ3n) is 4.60. The van der Waals surface area contributed by atoms with E-state index in [4.69, 9.17) is 12.2 Å². The molecule has 2 rings (SSSR count). The molecule has 148 valence electrons. The van der Waals surface area contributed by atoms with E-state index in [0.29, 0.717) is 23.8 Å². The Labute approximate surface area is 166 Å². The molecule has 0 aliphatic rings. The van der Waals surface area contributed by atoms with E-state index in [-0.39, 0.29) is 12.2 Å². The van der Waals surface area contributed by atoms with Crippen LogP contribution in [0.4, 0.5) is 0 Å². The van der Waals surface area contributed by atoms with Crippen molar-refractivity contribution in [1.82, 2.24) is 20.1 Å². The summed E-state index contributed by atoms with van der Waals surface area (Å²) < 4.78 is 0. The molecular weight excluding hydrogens is 360 g/mol. The lowest BCUT2D eigenvalue weighted by Crippen LogP contribution is -2.42. The van der Waals surface area contributed by atoms with Gasteiger partial charge in [-0.25, -0.2) is 0 Å². The predicted octanol–water partition coefficient (Wildman–Crippen LogP) is 1.77. The molecule has 0 aliphatic carbocycles. The average molecular weight is 391 g/mol. The SMILES string of the molecule is Cc1ccc(C)c2[nH]c(=O)c(CN(CCO)C(=S)NCCCN(C)C)cc12. The maximum atomic E-state index is 12.6. The molecule has 0 spiro atoms. The fourth-order valence-corrected chi connectivity index (χ4v) is 3.27. The molecule has 2 aromatic rings. The highest BCUT2D eigenvalue weighted by Crippen LogP contribution is 2.20. The van der Waals surface area contributed by atoms with Crippen molar-refractivity contribution in [3.63, 3.8) is 0 Å². The monoisotopic (exact) mass is 390 g/mol. The number of rotatable bonds is 8. The maximum absolute atomic E-state index is 12.6. The quantitative estimate of drug-likeness (QED) is 0.471. The zero-order valence-corrected chi connectivity index (χ0v) is 17.4. The van der Waals surface area contributed by atoms with Gasteiger partial charge >= 0.3 is 0 Å². The number of hydrogen-bond acceptors (Lipinski definition) is 4. The van der Waals surface area contributed by atoms with Crippen LogP contribution in [0.15, 0.2) is 23.0 Å². The van der Waals surface area contributed by atoms with E-state index in [2.05, 4.69) is 21.3 Å². The van der Waals surface area contributed by atoms with Crippen LogP contribution < -0.4 is 10.9 Å². The van der Waals surface area contributed by atoms with Gasteiger partial charge in [0.25, 0.3) is 5.56 Å². The fraction of sp³-hybridized carbons (Fsp3) is 0.500. The molecule has 0 saturated heterocycles. The van der Waals surface area contributed by atoms with Crippen LogP contribution in [0.2, 0.25) is 0 Å². The highest BCUT2D eigenvalue weighted by molar-refractivity contribution is 7.80. The number of hydrogen-bond donors (Lipinski definition) is 3. The number of nitrogens with one attached hydrogen (secondary N) is 2. The molecule has 0 unspecified atom stereocenters. The molecule has 1 heterocycles. The number of benzene rings is 1. The molecule has 0 amide bonds.